The molecular weight excluding hydrogens is 390 g/mol. The van der Waals surface area contributed by atoms with E-state index < -0.39 is 0 Å². The predicted molar refractivity (Wildman–Crippen MR) is 124 cm³/mol. The molecule has 0 aromatic heterocycles. The summed E-state index contributed by atoms with van der Waals surface area (Å²) in [5.74, 6) is 1.56. The molecule has 0 spiro atoms. The number of azide groups is 1. The highest BCUT2D eigenvalue weighted by molar-refractivity contribution is 5.54. The van der Waals surface area contributed by atoms with E-state index in [2.05, 4.69) is 49.9 Å². The van der Waals surface area contributed by atoms with Crippen molar-refractivity contribution in [3.05, 3.63) is 45.4 Å². The molecule has 0 amide bonds. The van der Waals surface area contributed by atoms with Crippen LogP contribution in [0.3, 0.4) is 0 Å². The van der Waals surface area contributed by atoms with E-state index in [4.69, 9.17) is 10.3 Å². The van der Waals surface area contributed by atoms with E-state index in [0.717, 1.165) is 67.4 Å². The molecule has 31 heavy (non-hydrogen) atoms. The van der Waals surface area contributed by atoms with Gasteiger partial charge >= 0.3 is 0 Å². The van der Waals surface area contributed by atoms with Crippen LogP contribution in [-0.2, 0) is 5.41 Å². The quantitative estimate of drug-likeness (QED) is 0.154. The number of phenols is 1. The number of fused-ring (bicyclic) bond motifs is 3. The highest BCUT2D eigenvalue weighted by atomic mass is 16.5. The maximum atomic E-state index is 11.1. The van der Waals surface area contributed by atoms with Gasteiger partial charge in [-0.15, -0.1) is 0 Å². The van der Waals surface area contributed by atoms with Crippen molar-refractivity contribution in [3.63, 3.8) is 0 Å². The van der Waals surface area contributed by atoms with Gasteiger partial charge in [-0.25, -0.2) is 0 Å². The Kier molecular flexibility index (Phi) is 7.23. The Balaban J connectivity index is 1.77. The standard InChI is InChI=1S/C25H37N3O3/c1-24(2,11-7-5-6-8-12-27-28-26)18-14-21(30)23-19-13-17(16-29)9-10-20(19)25(3,4)31-22(23)15-18/h9,14-15,19-20,29-30H,5-8,10-13,16H2,1-4H3/t19-,20+/m0/s1. The topological polar surface area (TPSA) is 98.5 Å². The number of unbranched alkanes of at least 4 members (excludes halogenated alkanes) is 3. The molecule has 0 saturated heterocycles. The normalized spacial score (nSPS) is 21.9. The summed E-state index contributed by atoms with van der Waals surface area (Å²) in [5, 5.41) is 24.3. The van der Waals surface area contributed by atoms with Crippen molar-refractivity contribution in [2.24, 2.45) is 11.0 Å². The molecule has 1 heterocycles. The first-order chi connectivity index (χ1) is 14.7. The van der Waals surface area contributed by atoms with Gasteiger partial charge in [0, 0.05) is 28.9 Å². The lowest BCUT2D eigenvalue weighted by Crippen LogP contribution is -2.45. The molecule has 0 saturated carbocycles. The summed E-state index contributed by atoms with van der Waals surface area (Å²) in [6, 6.07) is 4.06. The Morgan fingerprint density at radius 2 is 1.97 bits per heavy atom. The second-order valence-corrected chi connectivity index (χ2v) is 10.3. The van der Waals surface area contributed by atoms with E-state index in [0.29, 0.717) is 12.3 Å². The maximum Gasteiger partial charge on any atom is 0.127 e. The molecule has 6 heteroatoms. The van der Waals surface area contributed by atoms with Gasteiger partial charge in [0.15, 0.2) is 0 Å². The van der Waals surface area contributed by atoms with Gasteiger partial charge in [0.05, 0.1) is 6.61 Å². The first-order valence-electron chi connectivity index (χ1n) is 11.6. The zero-order chi connectivity index (χ0) is 22.6. The molecule has 0 bridgehead atoms. The fourth-order valence-corrected chi connectivity index (χ4v) is 5.28. The molecule has 0 radical (unpaired) electrons. The van der Waals surface area contributed by atoms with Crippen LogP contribution in [-0.4, -0.2) is 29.0 Å². The largest absolute Gasteiger partial charge is 0.508 e. The number of nitrogens with zero attached hydrogens (tertiary/aromatic N) is 3. The zero-order valence-corrected chi connectivity index (χ0v) is 19.4. The number of phenolic OH excluding ortho intramolecular Hbond substituents is 1. The van der Waals surface area contributed by atoms with Gasteiger partial charge < -0.3 is 14.9 Å². The van der Waals surface area contributed by atoms with Crippen LogP contribution in [0, 0.1) is 5.92 Å². The van der Waals surface area contributed by atoms with Crippen LogP contribution in [0.1, 0.15) is 89.7 Å². The van der Waals surface area contributed by atoms with Crippen molar-refractivity contribution in [1.82, 2.24) is 0 Å². The number of hydrogen-bond donors (Lipinski definition) is 2. The Morgan fingerprint density at radius 1 is 1.23 bits per heavy atom. The SMILES string of the molecule is CC(C)(CCCCCCN=[N+]=[N-])c1cc(O)c2c(c1)OC(C)(C)[C@@H]1CC=C(CO)C[C@H]21. The number of allylic oxidation sites excluding steroid dienone is 1. The predicted octanol–water partition coefficient (Wildman–Crippen LogP) is 6.51. The van der Waals surface area contributed by atoms with Crippen molar-refractivity contribution in [2.45, 2.75) is 89.6 Å². The number of aliphatic hydroxyl groups is 1. The highest BCUT2D eigenvalue weighted by Crippen LogP contribution is 2.54. The van der Waals surface area contributed by atoms with Crippen LogP contribution in [0.4, 0.5) is 0 Å². The Labute approximate surface area is 185 Å². The van der Waals surface area contributed by atoms with E-state index in [-0.39, 0.29) is 29.5 Å². The summed E-state index contributed by atoms with van der Waals surface area (Å²) >= 11 is 0. The summed E-state index contributed by atoms with van der Waals surface area (Å²) < 4.78 is 6.46. The third-order valence-corrected chi connectivity index (χ3v) is 7.24. The molecule has 2 atom stereocenters. The molecule has 170 valence electrons. The van der Waals surface area contributed by atoms with Crippen LogP contribution < -0.4 is 4.74 Å². The Bertz CT molecular complexity index is 869. The molecule has 3 rings (SSSR count). The summed E-state index contributed by atoms with van der Waals surface area (Å²) in [6.07, 6.45) is 8.96. The third kappa shape index (κ3) is 5.19. The molecule has 2 N–H and O–H groups in total. The lowest BCUT2D eigenvalue weighted by Gasteiger charge is -2.47. The van der Waals surface area contributed by atoms with Gasteiger partial charge in [0.25, 0.3) is 0 Å². The zero-order valence-electron chi connectivity index (χ0n) is 19.4. The maximum absolute atomic E-state index is 11.1. The van der Waals surface area contributed by atoms with E-state index in [1.165, 1.54) is 0 Å². The number of hydrogen-bond acceptors (Lipinski definition) is 4. The molecule has 1 aliphatic carbocycles. The molecule has 1 aromatic rings. The average Bonchev–Trinajstić information content (AvgIpc) is 2.71. The molecule has 0 fully saturated rings. The molecule has 1 aromatic carbocycles. The van der Waals surface area contributed by atoms with Crippen LogP contribution in [0.25, 0.3) is 10.4 Å². The van der Waals surface area contributed by atoms with E-state index >= 15 is 0 Å². The number of ether oxygens (including phenoxy) is 1. The molecule has 1 aliphatic heterocycles. The van der Waals surface area contributed by atoms with Gasteiger partial charge in [-0.05, 0) is 73.7 Å². The smallest absolute Gasteiger partial charge is 0.127 e. The number of aromatic hydroxyl groups is 1. The summed E-state index contributed by atoms with van der Waals surface area (Å²) in [4.78, 5) is 2.79. The van der Waals surface area contributed by atoms with Gasteiger partial charge in [-0.2, -0.15) is 0 Å². The van der Waals surface area contributed by atoms with Crippen LogP contribution in [0.15, 0.2) is 28.9 Å². The molecule has 2 aliphatic rings. The Hall–Kier alpha value is -2.17. The summed E-state index contributed by atoms with van der Waals surface area (Å²) in [6.45, 7) is 9.36. The van der Waals surface area contributed by atoms with E-state index in [9.17, 15) is 10.2 Å². The lowest BCUT2D eigenvalue weighted by atomic mass is 9.66. The lowest BCUT2D eigenvalue weighted by molar-refractivity contribution is 0.00662. The molecule has 0 unspecified atom stereocenters. The number of benzene rings is 1. The summed E-state index contributed by atoms with van der Waals surface area (Å²) in [7, 11) is 0. The minimum Gasteiger partial charge on any atom is -0.508 e. The second-order valence-electron chi connectivity index (χ2n) is 10.3. The van der Waals surface area contributed by atoms with Crippen molar-refractivity contribution in [2.75, 3.05) is 13.2 Å². The fourth-order valence-electron chi connectivity index (χ4n) is 5.28. The fraction of sp³-hybridized carbons (Fsp3) is 0.680. The van der Waals surface area contributed by atoms with Crippen molar-refractivity contribution >= 4 is 0 Å². The highest BCUT2D eigenvalue weighted by Gasteiger charge is 2.46. The van der Waals surface area contributed by atoms with Crippen LogP contribution in [0.5, 0.6) is 11.5 Å². The average molecular weight is 428 g/mol. The van der Waals surface area contributed by atoms with Gasteiger partial charge in [0.1, 0.15) is 17.1 Å². The molecular formula is C25H37N3O3. The second kappa shape index (κ2) is 9.54. The number of rotatable bonds is 9. The number of aliphatic hydroxyl groups excluding tert-OH is 1. The Morgan fingerprint density at radius 3 is 2.68 bits per heavy atom. The van der Waals surface area contributed by atoms with Crippen molar-refractivity contribution < 1.29 is 14.9 Å². The minimum atomic E-state index is -0.323. The first-order valence-corrected chi connectivity index (χ1v) is 11.6. The third-order valence-electron chi connectivity index (χ3n) is 7.24. The van der Waals surface area contributed by atoms with Crippen LogP contribution >= 0.6 is 0 Å². The van der Waals surface area contributed by atoms with E-state index in [1.807, 2.05) is 6.07 Å². The summed E-state index contributed by atoms with van der Waals surface area (Å²) in [5.41, 5.74) is 11.0. The van der Waals surface area contributed by atoms with Crippen molar-refractivity contribution in [3.8, 4) is 11.5 Å². The van der Waals surface area contributed by atoms with Crippen molar-refractivity contribution in [1.29, 1.82) is 0 Å². The van der Waals surface area contributed by atoms with Gasteiger partial charge in [0.2, 0.25) is 0 Å². The van der Waals surface area contributed by atoms with E-state index in [1.54, 1.807) is 0 Å². The molecule has 6 nitrogen and oxygen atoms in total. The minimum absolute atomic E-state index is 0.0780. The van der Waals surface area contributed by atoms with Gasteiger partial charge in [-0.3, -0.25) is 0 Å². The first kappa shape index (κ1) is 23.5. The van der Waals surface area contributed by atoms with Crippen LogP contribution in [0.2, 0.25) is 0 Å². The monoisotopic (exact) mass is 427 g/mol. The van der Waals surface area contributed by atoms with Gasteiger partial charge in [-0.1, -0.05) is 44.3 Å².